The lowest BCUT2D eigenvalue weighted by molar-refractivity contribution is -0.140. The number of aryl methyl sites for hydroxylation is 1. The van der Waals surface area contributed by atoms with Gasteiger partial charge in [-0.3, -0.25) is 4.72 Å². The Kier molecular flexibility index (Phi) is 4.75. The number of rotatable bonds is 4. The molecule has 0 spiro atoms. The minimum absolute atomic E-state index is 0.0565. The highest BCUT2D eigenvalue weighted by Gasteiger charge is 2.35. The third-order valence-corrected chi connectivity index (χ3v) is 4.52. The van der Waals surface area contributed by atoms with Gasteiger partial charge in [-0.25, -0.2) is 12.8 Å². The average Bonchev–Trinajstić information content (AvgIpc) is 2.47. The summed E-state index contributed by atoms with van der Waals surface area (Å²) in [4.78, 5) is -0.709. The molecule has 2 aromatic rings. The SMILES string of the molecule is COc1cc(C)ccc1NS(=O)(=O)c1ccc(F)c(C(F)(F)F)c1. The fourth-order valence-corrected chi connectivity index (χ4v) is 3.07. The van der Waals surface area contributed by atoms with Crippen LogP contribution in [0.4, 0.5) is 23.2 Å². The minimum Gasteiger partial charge on any atom is -0.495 e. The lowest BCUT2D eigenvalue weighted by atomic mass is 10.2. The number of anilines is 1. The maximum absolute atomic E-state index is 13.3. The van der Waals surface area contributed by atoms with E-state index in [0.29, 0.717) is 6.07 Å². The summed E-state index contributed by atoms with van der Waals surface area (Å²) < 4.78 is 83.2. The molecule has 0 saturated carbocycles. The second kappa shape index (κ2) is 6.31. The Balaban J connectivity index is 2.45. The Bertz CT molecular complexity index is 864. The summed E-state index contributed by atoms with van der Waals surface area (Å²) in [5, 5.41) is 0. The van der Waals surface area contributed by atoms with Crippen LogP contribution in [0.5, 0.6) is 5.75 Å². The van der Waals surface area contributed by atoms with Gasteiger partial charge in [-0.1, -0.05) is 6.07 Å². The largest absolute Gasteiger partial charge is 0.495 e. The maximum Gasteiger partial charge on any atom is 0.419 e. The molecule has 24 heavy (non-hydrogen) atoms. The number of ether oxygens (including phenoxy) is 1. The van der Waals surface area contributed by atoms with Crippen molar-refractivity contribution in [2.45, 2.75) is 18.0 Å². The molecule has 1 N–H and O–H groups in total. The van der Waals surface area contributed by atoms with E-state index in [2.05, 4.69) is 4.72 Å². The van der Waals surface area contributed by atoms with Gasteiger partial charge in [0.15, 0.2) is 0 Å². The van der Waals surface area contributed by atoms with Crippen LogP contribution in [0.15, 0.2) is 41.3 Å². The highest BCUT2D eigenvalue weighted by atomic mass is 32.2. The molecule has 0 aliphatic rings. The van der Waals surface area contributed by atoms with E-state index in [1.807, 2.05) is 0 Å². The van der Waals surface area contributed by atoms with Gasteiger partial charge in [-0.05, 0) is 42.8 Å². The number of halogens is 4. The third-order valence-electron chi connectivity index (χ3n) is 3.15. The molecule has 130 valence electrons. The molecule has 0 aromatic heterocycles. The highest BCUT2D eigenvalue weighted by Crippen LogP contribution is 2.34. The van der Waals surface area contributed by atoms with Gasteiger partial charge in [-0.2, -0.15) is 13.2 Å². The summed E-state index contributed by atoms with van der Waals surface area (Å²) >= 11 is 0. The van der Waals surface area contributed by atoms with Gasteiger partial charge in [0.25, 0.3) is 10.0 Å². The van der Waals surface area contributed by atoms with E-state index in [1.54, 1.807) is 19.1 Å². The van der Waals surface area contributed by atoms with Crippen LogP contribution in [0, 0.1) is 12.7 Å². The molecule has 0 heterocycles. The van der Waals surface area contributed by atoms with E-state index in [1.165, 1.54) is 13.2 Å². The standard InChI is InChI=1S/C15H13F4NO3S/c1-9-3-6-13(14(7-9)23-2)20-24(21,22)10-4-5-12(16)11(8-10)15(17,18)19/h3-8,20H,1-2H3. The number of hydrogen-bond acceptors (Lipinski definition) is 3. The van der Waals surface area contributed by atoms with Crippen LogP contribution in [0.3, 0.4) is 0 Å². The Morgan fingerprint density at radius 3 is 2.33 bits per heavy atom. The average molecular weight is 363 g/mol. The van der Waals surface area contributed by atoms with Crippen LogP contribution in [0.2, 0.25) is 0 Å². The molecule has 2 rings (SSSR count). The molecule has 0 unspecified atom stereocenters. The van der Waals surface area contributed by atoms with E-state index in [0.717, 1.165) is 11.6 Å². The third kappa shape index (κ3) is 3.78. The van der Waals surface area contributed by atoms with Gasteiger partial charge >= 0.3 is 6.18 Å². The molecule has 0 aliphatic carbocycles. The van der Waals surface area contributed by atoms with Crippen molar-refractivity contribution in [1.82, 2.24) is 0 Å². The number of alkyl halides is 3. The molecular formula is C15H13F4NO3S. The van der Waals surface area contributed by atoms with Gasteiger partial charge in [0.2, 0.25) is 0 Å². The smallest absolute Gasteiger partial charge is 0.419 e. The summed E-state index contributed by atoms with van der Waals surface area (Å²) in [6.45, 7) is 1.76. The summed E-state index contributed by atoms with van der Waals surface area (Å²) in [5.74, 6) is -1.34. The number of methoxy groups -OCH3 is 1. The maximum atomic E-state index is 13.3. The number of nitrogens with one attached hydrogen (secondary N) is 1. The van der Waals surface area contributed by atoms with E-state index < -0.39 is 32.5 Å². The first-order chi connectivity index (χ1) is 11.0. The second-order valence-electron chi connectivity index (χ2n) is 4.95. The van der Waals surface area contributed by atoms with Crippen molar-refractivity contribution in [3.8, 4) is 5.75 Å². The van der Waals surface area contributed by atoms with Crippen molar-refractivity contribution in [1.29, 1.82) is 0 Å². The van der Waals surface area contributed by atoms with Gasteiger partial charge in [0.05, 0.1) is 23.3 Å². The van der Waals surface area contributed by atoms with Crippen LogP contribution in [0.25, 0.3) is 0 Å². The monoisotopic (exact) mass is 363 g/mol. The summed E-state index contributed by atoms with van der Waals surface area (Å²) in [6.07, 6.45) is -5.00. The first-order valence-corrected chi connectivity index (χ1v) is 8.07. The Morgan fingerprint density at radius 1 is 1.08 bits per heavy atom. The van der Waals surface area contributed by atoms with Crippen molar-refractivity contribution >= 4 is 15.7 Å². The number of sulfonamides is 1. The Labute approximate surface area is 136 Å². The van der Waals surface area contributed by atoms with Crippen LogP contribution in [0.1, 0.15) is 11.1 Å². The lowest BCUT2D eigenvalue weighted by Gasteiger charge is -2.14. The zero-order valence-corrected chi connectivity index (χ0v) is 13.4. The molecule has 0 atom stereocenters. The predicted octanol–water partition coefficient (Wildman–Crippen LogP) is 3.96. The van der Waals surface area contributed by atoms with Crippen LogP contribution in [-0.2, 0) is 16.2 Å². The molecule has 2 aromatic carbocycles. The fraction of sp³-hybridized carbons (Fsp3) is 0.200. The van der Waals surface area contributed by atoms with Gasteiger partial charge in [-0.15, -0.1) is 0 Å². The Morgan fingerprint density at radius 2 is 1.75 bits per heavy atom. The minimum atomic E-state index is -5.00. The first kappa shape index (κ1) is 18.1. The molecule has 9 heteroatoms. The van der Waals surface area contributed by atoms with Gasteiger partial charge < -0.3 is 4.74 Å². The van der Waals surface area contributed by atoms with Crippen LogP contribution in [-0.4, -0.2) is 15.5 Å². The molecule has 4 nitrogen and oxygen atoms in total. The fourth-order valence-electron chi connectivity index (χ4n) is 1.98. The second-order valence-corrected chi connectivity index (χ2v) is 6.63. The molecule has 0 fully saturated rings. The molecule has 0 radical (unpaired) electrons. The quantitative estimate of drug-likeness (QED) is 0.837. The number of hydrogen-bond donors (Lipinski definition) is 1. The lowest BCUT2D eigenvalue weighted by Crippen LogP contribution is -2.16. The van der Waals surface area contributed by atoms with Gasteiger partial charge in [0, 0.05) is 0 Å². The van der Waals surface area contributed by atoms with Crippen molar-refractivity contribution in [3.05, 3.63) is 53.3 Å². The zero-order chi connectivity index (χ0) is 18.1. The van der Waals surface area contributed by atoms with Crippen molar-refractivity contribution in [2.75, 3.05) is 11.8 Å². The highest BCUT2D eigenvalue weighted by molar-refractivity contribution is 7.92. The Hall–Kier alpha value is -2.29. The molecule has 0 aliphatic heterocycles. The van der Waals surface area contributed by atoms with Crippen LogP contribution >= 0.6 is 0 Å². The number of benzene rings is 2. The molecule has 0 saturated heterocycles. The van der Waals surface area contributed by atoms with E-state index in [-0.39, 0.29) is 17.5 Å². The van der Waals surface area contributed by atoms with E-state index >= 15 is 0 Å². The van der Waals surface area contributed by atoms with E-state index in [9.17, 15) is 26.0 Å². The molecule has 0 amide bonds. The van der Waals surface area contributed by atoms with Gasteiger partial charge in [0.1, 0.15) is 11.6 Å². The summed E-state index contributed by atoms with van der Waals surface area (Å²) in [5.41, 5.74) is -0.793. The van der Waals surface area contributed by atoms with Crippen molar-refractivity contribution in [2.24, 2.45) is 0 Å². The van der Waals surface area contributed by atoms with E-state index in [4.69, 9.17) is 4.74 Å². The summed E-state index contributed by atoms with van der Waals surface area (Å²) in [7, 11) is -3.03. The molecular weight excluding hydrogens is 350 g/mol. The predicted molar refractivity (Wildman–Crippen MR) is 79.9 cm³/mol. The first-order valence-electron chi connectivity index (χ1n) is 6.59. The summed E-state index contributed by atoms with van der Waals surface area (Å²) in [6, 6.07) is 6.05. The normalized spacial score (nSPS) is 12.1. The van der Waals surface area contributed by atoms with Crippen molar-refractivity contribution in [3.63, 3.8) is 0 Å². The molecule has 0 bridgehead atoms. The zero-order valence-electron chi connectivity index (χ0n) is 12.6. The topological polar surface area (TPSA) is 55.4 Å². The van der Waals surface area contributed by atoms with Crippen molar-refractivity contribution < 1.29 is 30.7 Å². The van der Waals surface area contributed by atoms with Crippen LogP contribution < -0.4 is 9.46 Å².